The van der Waals surface area contributed by atoms with Gasteiger partial charge in [0, 0.05) is 20.2 Å². The third-order valence-corrected chi connectivity index (χ3v) is 4.57. The van der Waals surface area contributed by atoms with Gasteiger partial charge in [0.25, 0.3) is 0 Å². The van der Waals surface area contributed by atoms with E-state index in [-0.39, 0.29) is 6.10 Å². The third kappa shape index (κ3) is 2.79. The van der Waals surface area contributed by atoms with E-state index in [1.54, 1.807) is 7.11 Å². The number of methoxy groups -OCH3 is 1. The average Bonchev–Trinajstić information content (AvgIpc) is 2.84. The number of rotatable bonds is 3. The largest absolute Gasteiger partial charge is 0.382 e. The van der Waals surface area contributed by atoms with Gasteiger partial charge in [0.05, 0.1) is 25.0 Å². The van der Waals surface area contributed by atoms with E-state index in [9.17, 15) is 0 Å². The molecule has 110 valence electrons. The molecule has 0 saturated carbocycles. The van der Waals surface area contributed by atoms with Crippen LogP contribution in [0, 0.1) is 12.3 Å². The highest BCUT2D eigenvalue weighted by atomic mass is 16.5. The van der Waals surface area contributed by atoms with Gasteiger partial charge < -0.3 is 14.4 Å². The summed E-state index contributed by atoms with van der Waals surface area (Å²) >= 11 is 0. The van der Waals surface area contributed by atoms with Gasteiger partial charge in [-0.3, -0.25) is 0 Å². The number of hydrogen-bond acceptors (Lipinski definition) is 5. The number of hydrogen-bond donors (Lipinski definition) is 0. The third-order valence-electron chi connectivity index (χ3n) is 4.57. The molecule has 0 aliphatic carbocycles. The summed E-state index contributed by atoms with van der Waals surface area (Å²) in [5, 5.41) is 8.43. The topological polar surface area (TPSA) is 47.5 Å². The maximum Gasteiger partial charge on any atom is 0.151 e. The first-order chi connectivity index (χ1) is 9.71. The van der Waals surface area contributed by atoms with Gasteiger partial charge in [-0.25, -0.2) is 0 Å². The number of anilines is 1. The van der Waals surface area contributed by atoms with Crippen molar-refractivity contribution in [2.75, 3.05) is 38.3 Å². The van der Waals surface area contributed by atoms with E-state index < -0.39 is 0 Å². The molecule has 2 aliphatic heterocycles. The standard InChI is InChI=1S/C15H23N3O2/c1-12-3-4-14(17-16-12)18-7-5-15(6-8-18)9-13(10-19-2)20-11-15/h3-4,13H,5-11H2,1-2H3. The summed E-state index contributed by atoms with van der Waals surface area (Å²) in [5.41, 5.74) is 1.33. The van der Waals surface area contributed by atoms with Crippen molar-refractivity contribution in [2.45, 2.75) is 32.3 Å². The first kappa shape index (κ1) is 13.8. The molecule has 20 heavy (non-hydrogen) atoms. The van der Waals surface area contributed by atoms with Gasteiger partial charge in [-0.1, -0.05) is 0 Å². The molecule has 1 unspecified atom stereocenters. The van der Waals surface area contributed by atoms with Gasteiger partial charge in [-0.2, -0.15) is 5.10 Å². The molecule has 1 atom stereocenters. The van der Waals surface area contributed by atoms with Crippen LogP contribution in [0.3, 0.4) is 0 Å². The summed E-state index contributed by atoms with van der Waals surface area (Å²) in [6, 6.07) is 4.10. The summed E-state index contributed by atoms with van der Waals surface area (Å²) in [6.45, 7) is 5.65. The van der Waals surface area contributed by atoms with Gasteiger partial charge in [0.1, 0.15) is 0 Å². The number of ether oxygens (including phenoxy) is 2. The molecular formula is C15H23N3O2. The normalized spacial score (nSPS) is 25.3. The molecule has 5 nitrogen and oxygen atoms in total. The van der Waals surface area contributed by atoms with Crippen LogP contribution in [0.15, 0.2) is 12.1 Å². The van der Waals surface area contributed by atoms with Crippen LogP contribution in [-0.4, -0.2) is 49.7 Å². The van der Waals surface area contributed by atoms with Gasteiger partial charge in [-0.05, 0) is 43.7 Å². The molecule has 3 heterocycles. The van der Waals surface area contributed by atoms with Crippen LogP contribution in [0.1, 0.15) is 25.0 Å². The molecule has 0 amide bonds. The van der Waals surface area contributed by atoms with Crippen molar-refractivity contribution in [3.8, 4) is 0 Å². The van der Waals surface area contributed by atoms with Crippen molar-refractivity contribution in [2.24, 2.45) is 5.41 Å². The Morgan fingerprint density at radius 2 is 2.15 bits per heavy atom. The molecule has 1 aromatic rings. The minimum Gasteiger partial charge on any atom is -0.382 e. The van der Waals surface area contributed by atoms with E-state index in [0.717, 1.165) is 44.2 Å². The molecular weight excluding hydrogens is 254 g/mol. The Kier molecular flexibility index (Phi) is 3.89. The zero-order valence-electron chi connectivity index (χ0n) is 12.3. The lowest BCUT2D eigenvalue weighted by molar-refractivity contribution is 0.0328. The van der Waals surface area contributed by atoms with E-state index in [2.05, 4.69) is 21.2 Å². The number of piperidine rings is 1. The van der Waals surface area contributed by atoms with Crippen LogP contribution in [0.5, 0.6) is 0 Å². The smallest absolute Gasteiger partial charge is 0.151 e. The molecule has 2 saturated heterocycles. The SMILES string of the molecule is COCC1CC2(CCN(c3ccc(C)nn3)CC2)CO1. The molecule has 3 rings (SSSR count). The Bertz CT molecular complexity index is 441. The lowest BCUT2D eigenvalue weighted by Crippen LogP contribution is -2.41. The van der Waals surface area contributed by atoms with Crippen LogP contribution < -0.4 is 4.90 Å². The Morgan fingerprint density at radius 3 is 2.80 bits per heavy atom. The Labute approximate surface area is 120 Å². The van der Waals surface area contributed by atoms with Crippen LogP contribution >= 0.6 is 0 Å². The van der Waals surface area contributed by atoms with E-state index in [1.165, 1.54) is 12.8 Å². The fourth-order valence-corrected chi connectivity index (χ4v) is 3.31. The second-order valence-corrected chi connectivity index (χ2v) is 6.11. The number of nitrogens with zero attached hydrogens (tertiary/aromatic N) is 3. The molecule has 2 aliphatic rings. The van der Waals surface area contributed by atoms with Crippen LogP contribution in [0.2, 0.25) is 0 Å². The lowest BCUT2D eigenvalue weighted by atomic mass is 9.77. The summed E-state index contributed by atoms with van der Waals surface area (Å²) in [5.74, 6) is 0.998. The minimum atomic E-state index is 0.283. The van der Waals surface area contributed by atoms with E-state index in [0.29, 0.717) is 5.41 Å². The maximum atomic E-state index is 5.87. The fourth-order valence-electron chi connectivity index (χ4n) is 3.31. The van der Waals surface area contributed by atoms with Crippen LogP contribution in [0.25, 0.3) is 0 Å². The van der Waals surface area contributed by atoms with Gasteiger partial charge >= 0.3 is 0 Å². The number of aromatic nitrogens is 2. The summed E-state index contributed by atoms with van der Waals surface area (Å²) in [4.78, 5) is 2.33. The highest BCUT2D eigenvalue weighted by molar-refractivity contribution is 5.38. The molecule has 1 spiro atoms. The summed E-state index contributed by atoms with van der Waals surface area (Å²) < 4.78 is 11.1. The average molecular weight is 277 g/mol. The molecule has 2 fully saturated rings. The predicted molar refractivity (Wildman–Crippen MR) is 76.9 cm³/mol. The first-order valence-electron chi connectivity index (χ1n) is 7.37. The monoisotopic (exact) mass is 277 g/mol. The minimum absolute atomic E-state index is 0.283. The van der Waals surface area contributed by atoms with E-state index in [1.807, 2.05) is 13.0 Å². The molecule has 0 N–H and O–H groups in total. The molecule has 1 aromatic heterocycles. The van der Waals surface area contributed by atoms with Crippen LogP contribution in [-0.2, 0) is 9.47 Å². The highest BCUT2D eigenvalue weighted by Gasteiger charge is 2.42. The van der Waals surface area contributed by atoms with Crippen molar-refractivity contribution >= 4 is 5.82 Å². The maximum absolute atomic E-state index is 5.87. The lowest BCUT2D eigenvalue weighted by Gasteiger charge is -2.38. The molecule has 5 heteroatoms. The predicted octanol–water partition coefficient (Wildman–Crippen LogP) is 1.81. The fraction of sp³-hybridized carbons (Fsp3) is 0.733. The quantitative estimate of drug-likeness (QED) is 0.843. The van der Waals surface area contributed by atoms with Gasteiger partial charge in [0.2, 0.25) is 0 Å². The first-order valence-corrected chi connectivity index (χ1v) is 7.37. The zero-order chi connectivity index (χ0) is 14.0. The Morgan fingerprint density at radius 1 is 1.35 bits per heavy atom. The van der Waals surface area contributed by atoms with Crippen molar-refractivity contribution < 1.29 is 9.47 Å². The van der Waals surface area contributed by atoms with Crippen LogP contribution in [0.4, 0.5) is 5.82 Å². The van der Waals surface area contributed by atoms with Gasteiger partial charge in [0.15, 0.2) is 5.82 Å². The molecule has 0 radical (unpaired) electrons. The number of aryl methyl sites for hydroxylation is 1. The molecule has 0 aromatic carbocycles. The summed E-state index contributed by atoms with van der Waals surface area (Å²) in [6.07, 6.45) is 3.76. The second-order valence-electron chi connectivity index (χ2n) is 6.11. The molecule has 0 bridgehead atoms. The second kappa shape index (κ2) is 5.66. The Balaban J connectivity index is 1.58. The van der Waals surface area contributed by atoms with E-state index >= 15 is 0 Å². The highest BCUT2D eigenvalue weighted by Crippen LogP contribution is 2.42. The van der Waals surface area contributed by atoms with E-state index in [4.69, 9.17) is 9.47 Å². The van der Waals surface area contributed by atoms with Crippen molar-refractivity contribution in [1.82, 2.24) is 10.2 Å². The van der Waals surface area contributed by atoms with Crippen molar-refractivity contribution in [3.05, 3.63) is 17.8 Å². The van der Waals surface area contributed by atoms with Crippen molar-refractivity contribution in [1.29, 1.82) is 0 Å². The summed E-state index contributed by atoms with van der Waals surface area (Å²) in [7, 11) is 1.74. The Hall–Kier alpha value is -1.20. The van der Waals surface area contributed by atoms with Crippen molar-refractivity contribution in [3.63, 3.8) is 0 Å². The zero-order valence-corrected chi connectivity index (χ0v) is 12.3. The van der Waals surface area contributed by atoms with Gasteiger partial charge in [-0.15, -0.1) is 5.10 Å².